The highest BCUT2D eigenvalue weighted by Gasteiger charge is 2.13. The summed E-state index contributed by atoms with van der Waals surface area (Å²) in [7, 11) is 0. The van der Waals surface area contributed by atoms with Crippen molar-refractivity contribution < 1.29 is 9.47 Å². The molecule has 0 saturated heterocycles. The molecule has 0 spiro atoms. The Morgan fingerprint density at radius 2 is 1.96 bits per heavy atom. The van der Waals surface area contributed by atoms with Gasteiger partial charge in [-0.05, 0) is 65.7 Å². The van der Waals surface area contributed by atoms with Crippen LogP contribution in [0.15, 0.2) is 45.7 Å². The average molecular weight is 445 g/mol. The molecular formula is C20H17BrN2O3S. The molecule has 7 heteroatoms. The molecule has 0 unspecified atom stereocenters. The van der Waals surface area contributed by atoms with Crippen LogP contribution in [0.25, 0.3) is 22.1 Å². The van der Waals surface area contributed by atoms with E-state index in [4.69, 9.17) is 9.47 Å². The molecule has 5 nitrogen and oxygen atoms in total. The number of nitrogens with zero attached hydrogens (tertiary/aromatic N) is 2. The lowest BCUT2D eigenvalue weighted by atomic mass is 10.2. The van der Waals surface area contributed by atoms with E-state index in [0.29, 0.717) is 34.2 Å². The summed E-state index contributed by atoms with van der Waals surface area (Å²) in [5, 5.41) is 0. The molecule has 2 aromatic heterocycles. The highest BCUT2D eigenvalue weighted by atomic mass is 79.9. The lowest BCUT2D eigenvalue weighted by molar-refractivity contribution is 0.286. The molecule has 2 aromatic carbocycles. The van der Waals surface area contributed by atoms with Gasteiger partial charge >= 0.3 is 0 Å². The zero-order valence-electron chi connectivity index (χ0n) is 14.9. The van der Waals surface area contributed by atoms with Gasteiger partial charge in [0.15, 0.2) is 16.5 Å². The second-order valence-corrected chi connectivity index (χ2v) is 7.69. The van der Waals surface area contributed by atoms with E-state index in [2.05, 4.69) is 20.9 Å². The summed E-state index contributed by atoms with van der Waals surface area (Å²) in [4.78, 5) is 18.2. The predicted octanol–water partition coefficient (Wildman–Crippen LogP) is 4.02. The number of para-hydroxylation sites is 2. The van der Waals surface area contributed by atoms with Crippen LogP contribution in [0.3, 0.4) is 0 Å². The van der Waals surface area contributed by atoms with Crippen molar-refractivity contribution >= 4 is 49.3 Å². The van der Waals surface area contributed by atoms with Crippen LogP contribution >= 0.6 is 27.3 Å². The largest absolute Gasteiger partial charge is 0.490 e. The van der Waals surface area contributed by atoms with Crippen molar-refractivity contribution in [2.45, 2.75) is 13.8 Å². The fraction of sp³-hybridized carbons (Fsp3) is 0.200. The van der Waals surface area contributed by atoms with E-state index in [1.165, 1.54) is 11.3 Å². The Morgan fingerprint density at radius 1 is 1.19 bits per heavy atom. The smallest absolute Gasteiger partial charge is 0.274 e. The van der Waals surface area contributed by atoms with Crippen molar-refractivity contribution in [3.05, 3.63) is 61.3 Å². The number of hydrogen-bond donors (Lipinski definition) is 0. The summed E-state index contributed by atoms with van der Waals surface area (Å²) in [5.41, 5.74) is 2.46. The zero-order valence-corrected chi connectivity index (χ0v) is 17.3. The van der Waals surface area contributed by atoms with E-state index in [1.807, 2.05) is 56.3 Å². The van der Waals surface area contributed by atoms with Gasteiger partial charge in [0, 0.05) is 0 Å². The normalized spacial score (nSPS) is 12.2. The molecule has 0 radical (unpaired) electrons. The molecule has 0 atom stereocenters. The van der Waals surface area contributed by atoms with E-state index in [1.54, 1.807) is 4.40 Å². The van der Waals surface area contributed by atoms with Crippen LogP contribution < -0.4 is 19.6 Å². The van der Waals surface area contributed by atoms with Gasteiger partial charge < -0.3 is 9.47 Å². The molecule has 0 N–H and O–H groups in total. The van der Waals surface area contributed by atoms with Gasteiger partial charge in [0.2, 0.25) is 0 Å². The number of halogens is 1. The first-order valence-electron chi connectivity index (χ1n) is 8.63. The Hall–Kier alpha value is -2.38. The molecule has 0 aliphatic heterocycles. The molecule has 0 aliphatic carbocycles. The van der Waals surface area contributed by atoms with Crippen LogP contribution in [-0.2, 0) is 0 Å². The van der Waals surface area contributed by atoms with Crippen LogP contribution in [0, 0.1) is 0 Å². The lowest BCUT2D eigenvalue weighted by Crippen LogP contribution is -2.22. The Bertz CT molecular complexity index is 1250. The maximum absolute atomic E-state index is 12.9. The molecular weight excluding hydrogens is 428 g/mol. The number of benzene rings is 2. The average Bonchev–Trinajstić information content (AvgIpc) is 3.15. The van der Waals surface area contributed by atoms with E-state index in [9.17, 15) is 4.79 Å². The second-order valence-electron chi connectivity index (χ2n) is 5.83. The van der Waals surface area contributed by atoms with Crippen LogP contribution in [-0.4, -0.2) is 22.6 Å². The molecule has 4 rings (SSSR count). The number of aromatic nitrogens is 2. The highest BCUT2D eigenvalue weighted by molar-refractivity contribution is 9.10. The number of ether oxygens (including phenoxy) is 2. The molecule has 0 fully saturated rings. The minimum atomic E-state index is -0.0633. The predicted molar refractivity (Wildman–Crippen MR) is 112 cm³/mol. The summed E-state index contributed by atoms with van der Waals surface area (Å²) in [5.74, 6) is 1.32. The Labute approximate surface area is 168 Å². The molecule has 0 saturated carbocycles. The van der Waals surface area contributed by atoms with Gasteiger partial charge in [0.25, 0.3) is 5.56 Å². The lowest BCUT2D eigenvalue weighted by Gasteiger charge is -2.13. The summed E-state index contributed by atoms with van der Waals surface area (Å²) < 4.78 is 14.5. The third-order valence-electron chi connectivity index (χ3n) is 4.06. The van der Waals surface area contributed by atoms with Gasteiger partial charge in [-0.2, -0.15) is 0 Å². The summed E-state index contributed by atoms with van der Waals surface area (Å²) in [6.07, 6.45) is 1.86. The Morgan fingerprint density at radius 3 is 2.74 bits per heavy atom. The molecule has 0 bridgehead atoms. The van der Waals surface area contributed by atoms with Crippen molar-refractivity contribution in [3.63, 3.8) is 0 Å². The molecule has 2 heterocycles. The first-order chi connectivity index (χ1) is 13.1. The van der Waals surface area contributed by atoms with Crippen LogP contribution in [0.2, 0.25) is 0 Å². The minimum Gasteiger partial charge on any atom is -0.490 e. The van der Waals surface area contributed by atoms with Gasteiger partial charge in [-0.25, -0.2) is 9.38 Å². The van der Waals surface area contributed by atoms with Gasteiger partial charge in [-0.3, -0.25) is 4.79 Å². The number of rotatable bonds is 5. The highest BCUT2D eigenvalue weighted by Crippen LogP contribution is 2.37. The van der Waals surface area contributed by atoms with Crippen molar-refractivity contribution in [2.24, 2.45) is 0 Å². The summed E-state index contributed by atoms with van der Waals surface area (Å²) in [6, 6.07) is 11.5. The Kier molecular flexibility index (Phi) is 4.88. The third kappa shape index (κ3) is 3.21. The Balaban J connectivity index is 1.88. The first kappa shape index (κ1) is 18.0. The standard InChI is InChI=1S/C20H17BrN2O3S/c1-3-25-16-10-12(9-13(21)18(16)26-4-2)11-17-19(24)23-15-8-6-5-7-14(15)22-20(23)27-17/h5-11H,3-4H2,1-2H3. The first-order valence-corrected chi connectivity index (χ1v) is 10.2. The quantitative estimate of drug-likeness (QED) is 0.466. The zero-order chi connectivity index (χ0) is 19.0. The fourth-order valence-corrected chi connectivity index (χ4v) is 4.54. The van der Waals surface area contributed by atoms with E-state index >= 15 is 0 Å². The molecule has 0 amide bonds. The van der Waals surface area contributed by atoms with E-state index in [0.717, 1.165) is 21.1 Å². The van der Waals surface area contributed by atoms with Crippen LogP contribution in [0.4, 0.5) is 0 Å². The monoisotopic (exact) mass is 444 g/mol. The fourth-order valence-electron chi connectivity index (χ4n) is 2.98. The molecule has 27 heavy (non-hydrogen) atoms. The van der Waals surface area contributed by atoms with Gasteiger partial charge in [0.05, 0.1) is 33.3 Å². The molecule has 0 aliphatic rings. The molecule has 4 aromatic rings. The number of hydrogen-bond acceptors (Lipinski definition) is 5. The van der Waals surface area contributed by atoms with Crippen LogP contribution in [0.1, 0.15) is 19.4 Å². The van der Waals surface area contributed by atoms with Crippen molar-refractivity contribution in [1.29, 1.82) is 0 Å². The SMILES string of the molecule is CCOc1cc(C=c2sc3nc4ccccc4n3c2=O)cc(Br)c1OCC. The van der Waals surface area contributed by atoms with E-state index < -0.39 is 0 Å². The third-order valence-corrected chi connectivity index (χ3v) is 5.62. The number of imidazole rings is 1. The number of thiazole rings is 1. The second kappa shape index (κ2) is 7.32. The number of fused-ring (bicyclic) bond motifs is 3. The summed E-state index contributed by atoms with van der Waals surface area (Å²) >= 11 is 4.92. The van der Waals surface area contributed by atoms with Gasteiger partial charge in [-0.15, -0.1) is 0 Å². The summed E-state index contributed by atoms with van der Waals surface area (Å²) in [6.45, 7) is 4.93. The van der Waals surface area contributed by atoms with Crippen molar-refractivity contribution in [3.8, 4) is 11.5 Å². The van der Waals surface area contributed by atoms with Crippen molar-refractivity contribution in [2.75, 3.05) is 13.2 Å². The maximum atomic E-state index is 12.9. The van der Waals surface area contributed by atoms with Crippen molar-refractivity contribution in [1.82, 2.24) is 9.38 Å². The van der Waals surface area contributed by atoms with E-state index in [-0.39, 0.29) is 5.56 Å². The van der Waals surface area contributed by atoms with Gasteiger partial charge in [-0.1, -0.05) is 23.5 Å². The van der Waals surface area contributed by atoms with Gasteiger partial charge in [0.1, 0.15) is 0 Å². The maximum Gasteiger partial charge on any atom is 0.274 e. The van der Waals surface area contributed by atoms with Crippen LogP contribution in [0.5, 0.6) is 11.5 Å². The molecule has 138 valence electrons. The topological polar surface area (TPSA) is 52.8 Å². The minimum absolute atomic E-state index is 0.0633.